The molecular formula is C14H20N4O3. The molecule has 7 heteroatoms. The fourth-order valence-electron chi connectivity index (χ4n) is 2.67. The molecule has 2 rings (SSSR count). The predicted octanol–water partition coefficient (Wildman–Crippen LogP) is 1.83. The van der Waals surface area contributed by atoms with E-state index >= 15 is 0 Å². The SMILES string of the molecule is CC(CC(=O)O)C1CCCN(C(=O)Nc2cncnc2)C1. The Morgan fingerprint density at radius 1 is 1.48 bits per heavy atom. The monoisotopic (exact) mass is 292 g/mol. The molecule has 2 amide bonds. The van der Waals surface area contributed by atoms with Crippen molar-refractivity contribution in [1.29, 1.82) is 0 Å². The van der Waals surface area contributed by atoms with Crippen LogP contribution in [0.2, 0.25) is 0 Å². The van der Waals surface area contributed by atoms with Crippen molar-refractivity contribution in [3.05, 3.63) is 18.7 Å². The first-order valence-corrected chi connectivity index (χ1v) is 7.09. The highest BCUT2D eigenvalue weighted by atomic mass is 16.4. The zero-order valence-electron chi connectivity index (χ0n) is 12.0. The van der Waals surface area contributed by atoms with E-state index in [9.17, 15) is 9.59 Å². The van der Waals surface area contributed by atoms with Crippen molar-refractivity contribution >= 4 is 17.7 Å². The zero-order chi connectivity index (χ0) is 15.2. The summed E-state index contributed by atoms with van der Waals surface area (Å²) >= 11 is 0. The molecule has 0 aromatic carbocycles. The van der Waals surface area contributed by atoms with Gasteiger partial charge >= 0.3 is 12.0 Å². The number of carboxylic acids is 1. The second-order valence-electron chi connectivity index (χ2n) is 5.48. The number of hydrogen-bond donors (Lipinski definition) is 2. The van der Waals surface area contributed by atoms with Crippen molar-refractivity contribution in [2.45, 2.75) is 26.2 Å². The Morgan fingerprint density at radius 3 is 2.86 bits per heavy atom. The van der Waals surface area contributed by atoms with Crippen molar-refractivity contribution in [1.82, 2.24) is 14.9 Å². The van der Waals surface area contributed by atoms with Gasteiger partial charge in [0.1, 0.15) is 6.33 Å². The second kappa shape index (κ2) is 7.01. The summed E-state index contributed by atoms with van der Waals surface area (Å²) in [5.74, 6) is -0.490. The van der Waals surface area contributed by atoms with E-state index in [-0.39, 0.29) is 24.3 Å². The van der Waals surface area contributed by atoms with Crippen LogP contribution in [0.1, 0.15) is 26.2 Å². The van der Waals surface area contributed by atoms with Crippen LogP contribution in [0, 0.1) is 11.8 Å². The van der Waals surface area contributed by atoms with Crippen LogP contribution in [0.4, 0.5) is 10.5 Å². The van der Waals surface area contributed by atoms with E-state index in [1.54, 1.807) is 17.3 Å². The van der Waals surface area contributed by atoms with Gasteiger partial charge in [0.2, 0.25) is 0 Å². The van der Waals surface area contributed by atoms with Crippen molar-refractivity contribution in [2.75, 3.05) is 18.4 Å². The quantitative estimate of drug-likeness (QED) is 0.882. The molecule has 1 aliphatic heterocycles. The standard InChI is InChI=1S/C14H20N4O3/c1-10(5-13(19)20)11-3-2-4-18(8-11)14(21)17-12-6-15-9-16-7-12/h6-7,9-11H,2-5,8H2,1H3,(H,17,21)(H,19,20). The van der Waals surface area contributed by atoms with Gasteiger partial charge in [-0.05, 0) is 24.7 Å². The normalized spacial score (nSPS) is 19.9. The highest BCUT2D eigenvalue weighted by Gasteiger charge is 2.28. The summed E-state index contributed by atoms with van der Waals surface area (Å²) in [6.07, 6.45) is 6.49. The highest BCUT2D eigenvalue weighted by molar-refractivity contribution is 5.89. The van der Waals surface area contributed by atoms with Crippen molar-refractivity contribution in [2.24, 2.45) is 11.8 Å². The van der Waals surface area contributed by atoms with Crippen LogP contribution in [0.25, 0.3) is 0 Å². The van der Waals surface area contributed by atoms with E-state index in [4.69, 9.17) is 5.11 Å². The number of aromatic nitrogens is 2. The molecule has 2 N–H and O–H groups in total. The van der Waals surface area contributed by atoms with Crippen molar-refractivity contribution < 1.29 is 14.7 Å². The lowest BCUT2D eigenvalue weighted by Crippen LogP contribution is -2.44. The molecule has 21 heavy (non-hydrogen) atoms. The van der Waals surface area contributed by atoms with Gasteiger partial charge in [-0.25, -0.2) is 14.8 Å². The fraction of sp³-hybridized carbons (Fsp3) is 0.571. The molecule has 2 unspecified atom stereocenters. The molecular weight excluding hydrogens is 272 g/mol. The number of urea groups is 1. The Bertz CT molecular complexity index is 494. The number of anilines is 1. The minimum absolute atomic E-state index is 0.0677. The average molecular weight is 292 g/mol. The molecule has 1 saturated heterocycles. The van der Waals surface area contributed by atoms with Gasteiger partial charge in [0.05, 0.1) is 18.1 Å². The average Bonchev–Trinajstić information content (AvgIpc) is 2.47. The maximum atomic E-state index is 12.2. The molecule has 1 aliphatic rings. The van der Waals surface area contributed by atoms with Gasteiger partial charge in [0.15, 0.2) is 0 Å². The third kappa shape index (κ3) is 4.40. The number of aliphatic carboxylic acids is 1. The van der Waals surface area contributed by atoms with E-state index in [0.717, 1.165) is 12.8 Å². The lowest BCUT2D eigenvalue weighted by atomic mass is 9.85. The Balaban J connectivity index is 1.91. The number of likely N-dealkylation sites (tertiary alicyclic amines) is 1. The van der Waals surface area contributed by atoms with E-state index in [0.29, 0.717) is 18.8 Å². The van der Waals surface area contributed by atoms with Crippen LogP contribution in [0.15, 0.2) is 18.7 Å². The van der Waals surface area contributed by atoms with Crippen LogP contribution < -0.4 is 5.32 Å². The summed E-state index contributed by atoms with van der Waals surface area (Å²) in [5.41, 5.74) is 0.559. The number of carboxylic acid groups (broad SMARTS) is 1. The molecule has 2 heterocycles. The van der Waals surface area contributed by atoms with Crippen molar-refractivity contribution in [3.63, 3.8) is 0 Å². The number of carbonyl (C=O) groups excluding carboxylic acids is 1. The predicted molar refractivity (Wildman–Crippen MR) is 76.8 cm³/mol. The Morgan fingerprint density at radius 2 is 2.19 bits per heavy atom. The molecule has 2 atom stereocenters. The summed E-state index contributed by atoms with van der Waals surface area (Å²) in [5, 5.41) is 11.6. The zero-order valence-corrected chi connectivity index (χ0v) is 12.0. The van der Waals surface area contributed by atoms with Gasteiger partial charge in [-0.1, -0.05) is 6.92 Å². The fourth-order valence-corrected chi connectivity index (χ4v) is 2.67. The van der Waals surface area contributed by atoms with Gasteiger partial charge in [-0.2, -0.15) is 0 Å². The molecule has 1 aromatic rings. The maximum Gasteiger partial charge on any atom is 0.321 e. The molecule has 1 fully saturated rings. The van der Waals surface area contributed by atoms with Crippen LogP contribution in [-0.4, -0.2) is 45.1 Å². The summed E-state index contributed by atoms with van der Waals surface area (Å²) < 4.78 is 0. The molecule has 0 radical (unpaired) electrons. The molecule has 0 aliphatic carbocycles. The van der Waals surface area contributed by atoms with Gasteiger partial charge in [0, 0.05) is 19.5 Å². The first-order valence-electron chi connectivity index (χ1n) is 7.09. The summed E-state index contributed by atoms with van der Waals surface area (Å²) in [4.78, 5) is 32.4. The minimum atomic E-state index is -0.787. The van der Waals surface area contributed by atoms with Crippen LogP contribution in [-0.2, 0) is 4.79 Å². The van der Waals surface area contributed by atoms with Gasteiger partial charge in [0.25, 0.3) is 0 Å². The maximum absolute atomic E-state index is 12.2. The van der Waals surface area contributed by atoms with E-state index in [1.807, 2.05) is 6.92 Å². The van der Waals surface area contributed by atoms with Gasteiger partial charge in [-0.3, -0.25) is 4.79 Å². The summed E-state index contributed by atoms with van der Waals surface area (Å²) in [6.45, 7) is 3.22. The number of carbonyl (C=O) groups is 2. The Kier molecular flexibility index (Phi) is 5.08. The number of nitrogens with zero attached hydrogens (tertiary/aromatic N) is 3. The number of rotatable bonds is 4. The topological polar surface area (TPSA) is 95.4 Å². The number of nitrogens with one attached hydrogen (secondary N) is 1. The molecule has 7 nitrogen and oxygen atoms in total. The van der Waals surface area contributed by atoms with Gasteiger partial charge in [-0.15, -0.1) is 0 Å². The smallest absolute Gasteiger partial charge is 0.321 e. The summed E-state index contributed by atoms with van der Waals surface area (Å²) in [6, 6.07) is -0.183. The molecule has 0 saturated carbocycles. The third-order valence-corrected chi connectivity index (χ3v) is 3.86. The molecule has 0 spiro atoms. The minimum Gasteiger partial charge on any atom is -0.481 e. The lowest BCUT2D eigenvalue weighted by molar-refractivity contribution is -0.138. The summed E-state index contributed by atoms with van der Waals surface area (Å²) in [7, 11) is 0. The second-order valence-corrected chi connectivity index (χ2v) is 5.48. The van der Waals surface area contributed by atoms with Crippen LogP contribution in [0.3, 0.4) is 0 Å². The van der Waals surface area contributed by atoms with E-state index in [2.05, 4.69) is 15.3 Å². The van der Waals surface area contributed by atoms with E-state index in [1.165, 1.54) is 6.33 Å². The van der Waals surface area contributed by atoms with E-state index < -0.39 is 5.97 Å². The molecule has 114 valence electrons. The number of piperidine rings is 1. The van der Waals surface area contributed by atoms with Crippen molar-refractivity contribution in [3.8, 4) is 0 Å². The lowest BCUT2D eigenvalue weighted by Gasteiger charge is -2.35. The highest BCUT2D eigenvalue weighted by Crippen LogP contribution is 2.26. The van der Waals surface area contributed by atoms with Crippen LogP contribution in [0.5, 0.6) is 0 Å². The first-order chi connectivity index (χ1) is 10.1. The number of amides is 2. The third-order valence-electron chi connectivity index (χ3n) is 3.86. The molecule has 0 bridgehead atoms. The largest absolute Gasteiger partial charge is 0.481 e. The Hall–Kier alpha value is -2.18. The first kappa shape index (κ1) is 15.2. The Labute approximate surface area is 123 Å². The number of hydrogen-bond acceptors (Lipinski definition) is 4. The molecule has 1 aromatic heterocycles. The van der Waals surface area contributed by atoms with Crippen LogP contribution >= 0.6 is 0 Å². The van der Waals surface area contributed by atoms with Gasteiger partial charge < -0.3 is 15.3 Å².